The Morgan fingerprint density at radius 3 is 2.13 bits per heavy atom. The van der Waals surface area contributed by atoms with Crippen LogP contribution in [0.1, 0.15) is 5.01 Å². The van der Waals surface area contributed by atoms with Crippen LogP contribution in [0.25, 0.3) is 22.0 Å². The van der Waals surface area contributed by atoms with E-state index in [-0.39, 0.29) is 11.4 Å². The monoisotopic (exact) mass is 551 g/mol. The molecule has 1 aliphatic heterocycles. The number of non-ortho nitro benzene ring substituents is 2. The molecule has 5 aromatic rings. The first kappa shape index (κ1) is 24.5. The highest BCUT2D eigenvalue weighted by molar-refractivity contribution is 8.03. The molecule has 1 aliphatic rings. The molecule has 8 nitrogen and oxygen atoms in total. The number of nitro benzene ring substituents is 2. The molecule has 0 bridgehead atoms. The van der Waals surface area contributed by atoms with Crippen LogP contribution < -0.4 is 9.47 Å². The van der Waals surface area contributed by atoms with Crippen LogP contribution in [-0.2, 0) is 0 Å². The van der Waals surface area contributed by atoms with Crippen LogP contribution in [0.4, 0.5) is 22.7 Å². The topological polar surface area (TPSA) is 93.4 Å². The van der Waals surface area contributed by atoms with Crippen molar-refractivity contribution in [2.24, 2.45) is 0 Å². The Kier molecular flexibility index (Phi) is 6.39. The van der Waals surface area contributed by atoms with Gasteiger partial charge in [-0.15, -0.1) is 4.57 Å². The van der Waals surface area contributed by atoms with Crippen LogP contribution in [0, 0.1) is 20.2 Å². The highest BCUT2D eigenvalue weighted by Crippen LogP contribution is 2.49. The average Bonchev–Trinajstić information content (AvgIpc) is 3.51. The van der Waals surface area contributed by atoms with Gasteiger partial charge in [0.15, 0.2) is 0 Å². The predicted molar refractivity (Wildman–Crippen MR) is 155 cm³/mol. The third-order valence-corrected chi connectivity index (χ3v) is 8.38. The van der Waals surface area contributed by atoms with Crippen molar-refractivity contribution in [2.75, 3.05) is 4.90 Å². The van der Waals surface area contributed by atoms with Gasteiger partial charge in [0.1, 0.15) is 4.70 Å². The lowest BCUT2D eigenvalue weighted by Gasteiger charge is -2.20. The summed E-state index contributed by atoms with van der Waals surface area (Å²) in [5, 5.41) is 24.2. The van der Waals surface area contributed by atoms with Gasteiger partial charge in [0, 0.05) is 59.1 Å². The number of fused-ring (bicyclic) bond motifs is 2. The summed E-state index contributed by atoms with van der Waals surface area (Å²) in [5.41, 5.74) is 3.79. The first-order valence-electron chi connectivity index (χ1n) is 11.9. The minimum Gasteiger partial charge on any atom is -0.303 e. The van der Waals surface area contributed by atoms with Crippen molar-refractivity contribution in [3.8, 4) is 5.69 Å². The molecule has 39 heavy (non-hydrogen) atoms. The van der Waals surface area contributed by atoms with Gasteiger partial charge in [0.05, 0.1) is 20.6 Å². The number of rotatable bonds is 6. The maximum Gasteiger partial charge on any atom is 0.269 e. The standard InChI is InChI=1S/C29H19N4O4S2/c34-32(35)22-16-12-20(13-17-22)30-24-6-1-3-8-26(24)38-28(30)10-5-11-29-31(25-7-2-4-9-27(25)39-29)21-14-18-23(19-15-21)33(36)37/h1-19H/q+1. The molecule has 6 rings (SSSR count). The van der Waals surface area contributed by atoms with Gasteiger partial charge in [0.25, 0.3) is 16.4 Å². The fourth-order valence-corrected chi connectivity index (χ4v) is 6.57. The van der Waals surface area contributed by atoms with Crippen molar-refractivity contribution in [3.63, 3.8) is 0 Å². The number of aromatic nitrogens is 1. The molecule has 4 aromatic carbocycles. The second kappa shape index (κ2) is 10.2. The SMILES string of the molecule is O=[N+]([O-])c1ccc(N2C(=CC=Cc3sc4ccccc4[n+]3-c3ccc([N+](=O)[O-])cc3)Sc3ccccc32)cc1. The summed E-state index contributed by atoms with van der Waals surface area (Å²) in [6.07, 6.45) is 6.03. The zero-order valence-electron chi connectivity index (χ0n) is 20.2. The first-order chi connectivity index (χ1) is 19.0. The van der Waals surface area contributed by atoms with Crippen LogP contribution in [0.2, 0.25) is 0 Å². The lowest BCUT2D eigenvalue weighted by Crippen LogP contribution is -2.31. The number of thioether (sulfide) groups is 1. The highest BCUT2D eigenvalue weighted by Gasteiger charge is 2.26. The fraction of sp³-hybridized carbons (Fsp3) is 0. The number of anilines is 2. The molecule has 0 amide bonds. The van der Waals surface area contributed by atoms with Gasteiger partial charge in [-0.2, -0.15) is 0 Å². The summed E-state index contributed by atoms with van der Waals surface area (Å²) in [6, 6.07) is 29.2. The van der Waals surface area contributed by atoms with Crippen LogP contribution in [0.15, 0.2) is 119 Å². The molecule has 0 atom stereocenters. The van der Waals surface area contributed by atoms with Crippen molar-refractivity contribution in [3.05, 3.63) is 139 Å². The van der Waals surface area contributed by atoms with Crippen molar-refractivity contribution < 1.29 is 14.4 Å². The molecule has 0 aliphatic carbocycles. The van der Waals surface area contributed by atoms with E-state index in [9.17, 15) is 20.2 Å². The number of benzene rings is 4. The highest BCUT2D eigenvalue weighted by atomic mass is 32.2. The lowest BCUT2D eigenvalue weighted by molar-refractivity contribution is -0.564. The van der Waals surface area contributed by atoms with E-state index in [2.05, 4.69) is 21.6 Å². The van der Waals surface area contributed by atoms with E-state index in [4.69, 9.17) is 0 Å². The quantitative estimate of drug-likeness (QED) is 0.121. The number of nitro groups is 2. The lowest BCUT2D eigenvalue weighted by atomic mass is 10.2. The second-order valence-electron chi connectivity index (χ2n) is 8.56. The number of nitrogens with zero attached hydrogens (tertiary/aromatic N) is 4. The molecular formula is C29H19N4O4S2+. The molecule has 0 unspecified atom stereocenters. The van der Waals surface area contributed by atoms with E-state index < -0.39 is 9.85 Å². The van der Waals surface area contributed by atoms with Gasteiger partial charge < -0.3 is 4.90 Å². The van der Waals surface area contributed by atoms with E-state index in [0.717, 1.165) is 42.2 Å². The van der Waals surface area contributed by atoms with Crippen LogP contribution in [-0.4, -0.2) is 9.85 Å². The van der Waals surface area contributed by atoms with Crippen LogP contribution in [0.3, 0.4) is 0 Å². The zero-order valence-corrected chi connectivity index (χ0v) is 21.8. The maximum absolute atomic E-state index is 11.1. The molecule has 0 spiro atoms. The van der Waals surface area contributed by atoms with Gasteiger partial charge in [-0.3, -0.25) is 20.2 Å². The van der Waals surface area contributed by atoms with E-state index in [0.29, 0.717) is 0 Å². The summed E-state index contributed by atoms with van der Waals surface area (Å²) >= 11 is 3.26. The number of para-hydroxylation sites is 2. The molecule has 2 heterocycles. The van der Waals surface area contributed by atoms with Crippen molar-refractivity contribution in [2.45, 2.75) is 4.90 Å². The Bertz CT molecular complexity index is 1790. The smallest absolute Gasteiger partial charge is 0.269 e. The van der Waals surface area contributed by atoms with Crippen molar-refractivity contribution in [1.29, 1.82) is 0 Å². The van der Waals surface area contributed by atoms with E-state index in [1.807, 2.05) is 54.6 Å². The summed E-state index contributed by atoms with van der Waals surface area (Å²) in [4.78, 5) is 24.7. The Morgan fingerprint density at radius 1 is 0.769 bits per heavy atom. The van der Waals surface area contributed by atoms with Gasteiger partial charge in [-0.1, -0.05) is 53.4 Å². The van der Waals surface area contributed by atoms with E-state index in [1.165, 1.54) is 24.3 Å². The Morgan fingerprint density at radius 2 is 1.41 bits per heavy atom. The van der Waals surface area contributed by atoms with E-state index >= 15 is 0 Å². The molecule has 190 valence electrons. The van der Waals surface area contributed by atoms with Gasteiger partial charge >= 0.3 is 0 Å². The molecule has 10 heteroatoms. The molecule has 0 saturated heterocycles. The molecule has 0 radical (unpaired) electrons. The minimum atomic E-state index is -0.402. The summed E-state index contributed by atoms with van der Waals surface area (Å²) < 4.78 is 3.18. The minimum absolute atomic E-state index is 0.0462. The Hall–Kier alpha value is -4.80. The van der Waals surface area contributed by atoms with Gasteiger partial charge in [0.2, 0.25) is 11.2 Å². The van der Waals surface area contributed by atoms with Crippen LogP contribution in [0.5, 0.6) is 0 Å². The van der Waals surface area contributed by atoms with Gasteiger partial charge in [-0.05, 0) is 36.4 Å². The molecule has 0 fully saturated rings. The predicted octanol–water partition coefficient (Wildman–Crippen LogP) is 7.79. The Labute approximate surface area is 231 Å². The van der Waals surface area contributed by atoms with Crippen molar-refractivity contribution >= 4 is 62.1 Å². The summed E-state index contributed by atoms with van der Waals surface area (Å²) in [5.74, 6) is 0. The van der Waals surface area contributed by atoms with Crippen LogP contribution >= 0.6 is 23.1 Å². The largest absolute Gasteiger partial charge is 0.303 e. The number of thiazole rings is 1. The number of hydrogen-bond donors (Lipinski definition) is 0. The third kappa shape index (κ3) is 4.67. The average molecular weight is 552 g/mol. The molecule has 0 saturated carbocycles. The third-order valence-electron chi connectivity index (χ3n) is 6.20. The first-order valence-corrected chi connectivity index (χ1v) is 13.5. The molecule has 0 N–H and O–H groups in total. The van der Waals surface area contributed by atoms with Gasteiger partial charge in [-0.25, -0.2) is 0 Å². The second-order valence-corrected chi connectivity index (χ2v) is 10.7. The van der Waals surface area contributed by atoms with Crippen molar-refractivity contribution in [1.82, 2.24) is 0 Å². The maximum atomic E-state index is 11.1. The zero-order chi connectivity index (χ0) is 26.9. The fourth-order valence-electron chi connectivity index (χ4n) is 4.42. The summed E-state index contributed by atoms with van der Waals surface area (Å²) in [7, 11) is 0. The normalized spacial score (nSPS) is 13.8. The van der Waals surface area contributed by atoms with E-state index in [1.54, 1.807) is 47.4 Å². The Balaban J connectivity index is 1.39. The molecular weight excluding hydrogens is 532 g/mol. The number of allylic oxidation sites excluding steroid dienone is 2. The number of hydrogen-bond acceptors (Lipinski definition) is 7. The molecule has 1 aromatic heterocycles. The summed E-state index contributed by atoms with van der Waals surface area (Å²) in [6.45, 7) is 0.